The SMILES string of the molecule is CC1=CC[C@@H]2C(=O)[C@@]1(C)CC[C@H]2C. The maximum Gasteiger partial charge on any atom is 0.146 e. The highest BCUT2D eigenvalue weighted by atomic mass is 16.1. The van der Waals surface area contributed by atoms with E-state index in [2.05, 4.69) is 26.8 Å². The van der Waals surface area contributed by atoms with Gasteiger partial charge in [0.25, 0.3) is 0 Å². The molecular formula is C12H18O. The summed E-state index contributed by atoms with van der Waals surface area (Å²) < 4.78 is 0. The zero-order valence-electron chi connectivity index (χ0n) is 8.76. The fourth-order valence-electron chi connectivity index (χ4n) is 2.77. The third-order valence-corrected chi connectivity index (χ3v) is 4.22. The lowest BCUT2D eigenvalue weighted by Crippen LogP contribution is -2.44. The molecule has 0 aromatic rings. The summed E-state index contributed by atoms with van der Waals surface area (Å²) in [6, 6.07) is 0. The van der Waals surface area contributed by atoms with Crippen molar-refractivity contribution in [3.63, 3.8) is 0 Å². The summed E-state index contributed by atoms with van der Waals surface area (Å²) in [5.41, 5.74) is 1.20. The van der Waals surface area contributed by atoms with Crippen molar-refractivity contribution in [1.82, 2.24) is 0 Å². The molecule has 0 radical (unpaired) electrons. The van der Waals surface area contributed by atoms with Gasteiger partial charge in [-0.1, -0.05) is 18.6 Å². The van der Waals surface area contributed by atoms with E-state index < -0.39 is 0 Å². The summed E-state index contributed by atoms with van der Waals surface area (Å²) in [4.78, 5) is 12.1. The fourth-order valence-corrected chi connectivity index (χ4v) is 2.77. The Bertz CT molecular complexity index is 277. The van der Waals surface area contributed by atoms with E-state index >= 15 is 0 Å². The topological polar surface area (TPSA) is 17.1 Å². The van der Waals surface area contributed by atoms with E-state index in [1.807, 2.05) is 0 Å². The van der Waals surface area contributed by atoms with E-state index in [1.165, 1.54) is 12.0 Å². The van der Waals surface area contributed by atoms with Gasteiger partial charge in [-0.2, -0.15) is 0 Å². The highest BCUT2D eigenvalue weighted by Gasteiger charge is 2.46. The summed E-state index contributed by atoms with van der Waals surface area (Å²) in [6.45, 7) is 6.46. The third-order valence-electron chi connectivity index (χ3n) is 4.22. The second-order valence-electron chi connectivity index (χ2n) is 4.94. The first-order valence-electron chi connectivity index (χ1n) is 5.27. The molecule has 2 bridgehead atoms. The lowest BCUT2D eigenvalue weighted by atomic mass is 9.59. The highest BCUT2D eigenvalue weighted by molar-refractivity contribution is 5.91. The largest absolute Gasteiger partial charge is 0.298 e. The quantitative estimate of drug-likeness (QED) is 0.521. The van der Waals surface area contributed by atoms with Gasteiger partial charge in [0.05, 0.1) is 0 Å². The van der Waals surface area contributed by atoms with Crippen LogP contribution in [0.25, 0.3) is 0 Å². The van der Waals surface area contributed by atoms with Crippen molar-refractivity contribution in [1.29, 1.82) is 0 Å². The van der Waals surface area contributed by atoms with E-state index in [0.29, 0.717) is 17.6 Å². The van der Waals surface area contributed by atoms with Gasteiger partial charge < -0.3 is 0 Å². The Morgan fingerprint density at radius 2 is 2.23 bits per heavy atom. The lowest BCUT2D eigenvalue weighted by Gasteiger charge is -2.44. The summed E-state index contributed by atoms with van der Waals surface area (Å²) in [5.74, 6) is 1.43. The van der Waals surface area contributed by atoms with Gasteiger partial charge >= 0.3 is 0 Å². The number of carbonyl (C=O) groups is 1. The number of fused-ring (bicyclic) bond motifs is 2. The molecule has 0 aliphatic heterocycles. The van der Waals surface area contributed by atoms with Crippen LogP contribution in [0.5, 0.6) is 0 Å². The summed E-state index contributed by atoms with van der Waals surface area (Å²) >= 11 is 0. The van der Waals surface area contributed by atoms with E-state index in [9.17, 15) is 4.79 Å². The van der Waals surface area contributed by atoms with Crippen molar-refractivity contribution in [2.45, 2.75) is 40.0 Å². The molecule has 2 rings (SSSR count). The van der Waals surface area contributed by atoms with Gasteiger partial charge in [0, 0.05) is 11.3 Å². The Labute approximate surface area is 80.2 Å². The van der Waals surface area contributed by atoms with Gasteiger partial charge in [0.2, 0.25) is 0 Å². The first-order chi connectivity index (χ1) is 6.05. The smallest absolute Gasteiger partial charge is 0.146 e. The van der Waals surface area contributed by atoms with E-state index in [0.717, 1.165) is 12.8 Å². The number of allylic oxidation sites excluding steroid dienone is 2. The molecule has 0 amide bonds. The minimum Gasteiger partial charge on any atom is -0.298 e. The molecule has 0 N–H and O–H groups in total. The molecule has 1 nitrogen and oxygen atoms in total. The Morgan fingerprint density at radius 3 is 2.92 bits per heavy atom. The van der Waals surface area contributed by atoms with Crippen LogP contribution in [0.1, 0.15) is 40.0 Å². The Morgan fingerprint density at radius 1 is 1.54 bits per heavy atom. The minimum atomic E-state index is -0.102. The average molecular weight is 178 g/mol. The van der Waals surface area contributed by atoms with Gasteiger partial charge in [0.1, 0.15) is 5.78 Å². The van der Waals surface area contributed by atoms with Crippen LogP contribution in [0, 0.1) is 17.3 Å². The molecular weight excluding hydrogens is 160 g/mol. The summed E-state index contributed by atoms with van der Waals surface area (Å²) in [5, 5.41) is 0. The molecule has 0 unspecified atom stereocenters. The number of Topliss-reactive ketones (excluding diaryl/α,β-unsaturated/α-hetero) is 1. The van der Waals surface area contributed by atoms with Crippen LogP contribution in [-0.4, -0.2) is 5.78 Å². The van der Waals surface area contributed by atoms with E-state index in [-0.39, 0.29) is 5.41 Å². The molecule has 1 fully saturated rings. The Balaban J connectivity index is 2.41. The standard InChI is InChI=1S/C12H18O/c1-8-6-7-12(3)9(2)4-5-10(8)11(12)13/h4,8,10H,5-7H2,1-3H3/t8-,10+,12+/m1/s1. The van der Waals surface area contributed by atoms with Crippen LogP contribution in [0.2, 0.25) is 0 Å². The van der Waals surface area contributed by atoms with Crippen molar-refractivity contribution in [3.8, 4) is 0 Å². The molecule has 2 aliphatic carbocycles. The van der Waals surface area contributed by atoms with Crippen LogP contribution in [-0.2, 0) is 4.79 Å². The Hall–Kier alpha value is -0.590. The van der Waals surface area contributed by atoms with Gasteiger partial charge in [-0.05, 0) is 39.0 Å². The molecule has 0 aromatic heterocycles. The predicted octanol–water partition coefficient (Wildman–Crippen LogP) is 2.96. The van der Waals surface area contributed by atoms with Crippen LogP contribution >= 0.6 is 0 Å². The molecule has 13 heavy (non-hydrogen) atoms. The third kappa shape index (κ3) is 1.09. The molecule has 3 atom stereocenters. The molecule has 2 aliphatic rings. The van der Waals surface area contributed by atoms with Crippen molar-refractivity contribution in [2.24, 2.45) is 17.3 Å². The molecule has 0 heterocycles. The fraction of sp³-hybridized carbons (Fsp3) is 0.750. The maximum atomic E-state index is 12.1. The van der Waals surface area contributed by atoms with Crippen molar-refractivity contribution in [3.05, 3.63) is 11.6 Å². The second kappa shape index (κ2) is 2.70. The van der Waals surface area contributed by atoms with E-state index in [4.69, 9.17) is 0 Å². The number of carbonyl (C=O) groups excluding carboxylic acids is 1. The zero-order chi connectivity index (χ0) is 9.64. The maximum absolute atomic E-state index is 12.1. The number of ketones is 1. The predicted molar refractivity (Wildman–Crippen MR) is 53.4 cm³/mol. The number of hydrogen-bond donors (Lipinski definition) is 0. The van der Waals surface area contributed by atoms with Crippen molar-refractivity contribution >= 4 is 5.78 Å². The van der Waals surface area contributed by atoms with E-state index in [1.54, 1.807) is 0 Å². The van der Waals surface area contributed by atoms with Gasteiger partial charge in [0.15, 0.2) is 0 Å². The number of rotatable bonds is 0. The number of hydrogen-bond acceptors (Lipinski definition) is 1. The Kier molecular flexibility index (Phi) is 1.86. The summed E-state index contributed by atoms with van der Waals surface area (Å²) in [6.07, 6.45) is 5.55. The van der Waals surface area contributed by atoms with Crippen LogP contribution in [0.15, 0.2) is 11.6 Å². The van der Waals surface area contributed by atoms with Crippen molar-refractivity contribution in [2.75, 3.05) is 0 Å². The zero-order valence-corrected chi connectivity index (χ0v) is 8.76. The summed E-state index contributed by atoms with van der Waals surface area (Å²) in [7, 11) is 0. The molecule has 0 aromatic carbocycles. The second-order valence-corrected chi connectivity index (χ2v) is 4.94. The molecule has 1 saturated carbocycles. The normalized spacial score (nSPS) is 44.5. The first kappa shape index (κ1) is 8.98. The minimum absolute atomic E-state index is 0.102. The molecule has 72 valence electrons. The first-order valence-corrected chi connectivity index (χ1v) is 5.27. The molecule has 0 spiro atoms. The van der Waals surface area contributed by atoms with Gasteiger partial charge in [-0.3, -0.25) is 4.79 Å². The molecule has 1 heteroatoms. The van der Waals surface area contributed by atoms with Crippen molar-refractivity contribution < 1.29 is 4.79 Å². The average Bonchev–Trinajstić information content (AvgIpc) is 2.09. The van der Waals surface area contributed by atoms with Gasteiger partial charge in [-0.15, -0.1) is 0 Å². The lowest BCUT2D eigenvalue weighted by molar-refractivity contribution is -0.136. The van der Waals surface area contributed by atoms with Crippen LogP contribution in [0.3, 0.4) is 0 Å². The molecule has 0 saturated heterocycles. The van der Waals surface area contributed by atoms with Crippen LogP contribution in [0.4, 0.5) is 0 Å². The monoisotopic (exact) mass is 178 g/mol. The van der Waals surface area contributed by atoms with Gasteiger partial charge in [-0.25, -0.2) is 0 Å². The highest BCUT2D eigenvalue weighted by Crippen LogP contribution is 2.48. The van der Waals surface area contributed by atoms with Crippen LogP contribution < -0.4 is 0 Å².